The maximum Gasteiger partial charge on any atom is 0.338 e. The third-order valence-electron chi connectivity index (χ3n) is 2.45. The van der Waals surface area contributed by atoms with E-state index in [-0.39, 0.29) is 12.5 Å². The Morgan fingerprint density at radius 3 is 2.58 bits per heavy atom. The van der Waals surface area contributed by atoms with Gasteiger partial charge < -0.3 is 15.2 Å². The minimum absolute atomic E-state index is 0.0876. The Hall–Kier alpha value is -2.14. The van der Waals surface area contributed by atoms with Crippen molar-refractivity contribution in [2.24, 2.45) is 0 Å². The molecular weight excluding hydrogens is 246 g/mol. The van der Waals surface area contributed by atoms with E-state index in [1.54, 1.807) is 30.3 Å². The van der Waals surface area contributed by atoms with Crippen LogP contribution in [-0.4, -0.2) is 29.6 Å². The number of aliphatic hydroxyl groups excluding tert-OH is 1. The molecule has 2 N–H and O–H groups in total. The van der Waals surface area contributed by atoms with Crippen molar-refractivity contribution in [1.29, 1.82) is 0 Å². The molecule has 1 atom stereocenters. The number of aliphatic hydroxyl groups is 1. The molecule has 0 aliphatic carbocycles. The van der Waals surface area contributed by atoms with Crippen molar-refractivity contribution in [3.63, 3.8) is 0 Å². The van der Waals surface area contributed by atoms with Crippen LogP contribution in [0.15, 0.2) is 36.9 Å². The maximum atomic E-state index is 11.7. The second kappa shape index (κ2) is 7.33. The molecule has 1 rings (SSSR count). The highest BCUT2D eigenvalue weighted by Crippen LogP contribution is 2.07. The van der Waals surface area contributed by atoms with Gasteiger partial charge in [0.15, 0.2) is 6.10 Å². The van der Waals surface area contributed by atoms with Gasteiger partial charge in [-0.05, 0) is 24.6 Å². The van der Waals surface area contributed by atoms with Crippen LogP contribution in [0.4, 0.5) is 0 Å². The average molecular weight is 263 g/mol. The molecular formula is C14H17NO4. The quantitative estimate of drug-likeness (QED) is 0.593. The first-order valence-electron chi connectivity index (χ1n) is 5.88. The summed E-state index contributed by atoms with van der Waals surface area (Å²) in [4.78, 5) is 23.2. The number of nitrogens with one attached hydrogen (secondary N) is 1. The highest BCUT2D eigenvalue weighted by atomic mass is 16.5. The monoisotopic (exact) mass is 263 g/mol. The van der Waals surface area contributed by atoms with Gasteiger partial charge in [-0.15, -0.1) is 6.58 Å². The number of hydrogen-bond donors (Lipinski definition) is 2. The van der Waals surface area contributed by atoms with Crippen LogP contribution in [0.2, 0.25) is 0 Å². The van der Waals surface area contributed by atoms with E-state index < -0.39 is 12.1 Å². The van der Waals surface area contributed by atoms with Crippen molar-refractivity contribution in [2.45, 2.75) is 19.6 Å². The van der Waals surface area contributed by atoms with Crippen molar-refractivity contribution in [1.82, 2.24) is 5.32 Å². The smallest absolute Gasteiger partial charge is 0.338 e. The van der Waals surface area contributed by atoms with Gasteiger partial charge in [-0.3, -0.25) is 4.79 Å². The lowest BCUT2D eigenvalue weighted by atomic mass is 10.1. The number of rotatable bonds is 6. The first-order valence-corrected chi connectivity index (χ1v) is 5.88. The molecule has 1 aromatic rings. The summed E-state index contributed by atoms with van der Waals surface area (Å²) in [6.45, 7) is 5.21. The molecule has 0 radical (unpaired) electrons. The van der Waals surface area contributed by atoms with Crippen molar-refractivity contribution in [3.05, 3.63) is 48.0 Å². The number of amides is 1. The fourth-order valence-electron chi connectivity index (χ4n) is 1.34. The summed E-state index contributed by atoms with van der Waals surface area (Å²) in [5.41, 5.74) is 1.04. The van der Waals surface area contributed by atoms with Gasteiger partial charge in [0.05, 0.1) is 12.2 Å². The van der Waals surface area contributed by atoms with E-state index in [9.17, 15) is 9.59 Å². The Morgan fingerprint density at radius 2 is 2.05 bits per heavy atom. The van der Waals surface area contributed by atoms with E-state index >= 15 is 0 Å². The van der Waals surface area contributed by atoms with Crippen LogP contribution in [-0.2, 0) is 16.1 Å². The van der Waals surface area contributed by atoms with Gasteiger partial charge in [0, 0.05) is 6.54 Å². The second-order valence-corrected chi connectivity index (χ2v) is 3.94. The first-order chi connectivity index (χ1) is 9.08. The second-order valence-electron chi connectivity index (χ2n) is 3.94. The summed E-state index contributed by atoms with van der Waals surface area (Å²) in [6, 6.07) is 6.34. The van der Waals surface area contributed by atoms with Gasteiger partial charge in [-0.1, -0.05) is 18.2 Å². The van der Waals surface area contributed by atoms with Crippen LogP contribution in [0.25, 0.3) is 0 Å². The number of ether oxygens (including phenoxy) is 1. The van der Waals surface area contributed by atoms with Crippen LogP contribution in [0.5, 0.6) is 0 Å². The molecule has 0 bridgehead atoms. The van der Waals surface area contributed by atoms with Gasteiger partial charge in [0.25, 0.3) is 5.91 Å². The Bertz CT molecular complexity index is 453. The molecule has 0 saturated heterocycles. The minimum atomic E-state index is -0.870. The summed E-state index contributed by atoms with van der Waals surface area (Å²) in [5, 5.41) is 11.4. The van der Waals surface area contributed by atoms with Gasteiger partial charge in [-0.25, -0.2) is 4.79 Å². The van der Waals surface area contributed by atoms with Gasteiger partial charge in [0.2, 0.25) is 0 Å². The van der Waals surface area contributed by atoms with E-state index in [0.29, 0.717) is 17.7 Å². The standard InChI is InChI=1S/C14H17NO4/c1-3-8-15-13(17)10(2)19-14(18)12-6-4-11(9-16)5-7-12/h3-7,10,16H,1,8-9H2,2H3,(H,15,17)/t10-/m1/s1. The molecule has 5 heteroatoms. The van der Waals surface area contributed by atoms with E-state index in [0.717, 1.165) is 0 Å². The van der Waals surface area contributed by atoms with Crippen LogP contribution in [0, 0.1) is 0 Å². The van der Waals surface area contributed by atoms with E-state index in [1.807, 2.05) is 0 Å². The molecule has 0 aromatic heterocycles. The molecule has 0 heterocycles. The highest BCUT2D eigenvalue weighted by molar-refractivity contribution is 5.92. The topological polar surface area (TPSA) is 75.6 Å². The molecule has 19 heavy (non-hydrogen) atoms. The third kappa shape index (κ3) is 4.56. The Kier molecular flexibility index (Phi) is 5.75. The number of benzene rings is 1. The highest BCUT2D eigenvalue weighted by Gasteiger charge is 2.18. The van der Waals surface area contributed by atoms with Gasteiger partial charge in [0.1, 0.15) is 0 Å². The Balaban J connectivity index is 2.57. The molecule has 0 aliphatic rings. The third-order valence-corrected chi connectivity index (χ3v) is 2.45. The minimum Gasteiger partial charge on any atom is -0.449 e. The SMILES string of the molecule is C=CCNC(=O)[C@@H](C)OC(=O)c1ccc(CO)cc1. The summed E-state index contributed by atoms with van der Waals surface area (Å²) in [5.74, 6) is -0.953. The molecule has 1 aromatic carbocycles. The molecule has 0 aliphatic heterocycles. The molecule has 0 spiro atoms. The molecule has 1 amide bonds. The lowest BCUT2D eigenvalue weighted by Gasteiger charge is -2.12. The van der Waals surface area contributed by atoms with Crippen LogP contribution in [0.1, 0.15) is 22.8 Å². The number of carbonyl (C=O) groups is 2. The zero-order valence-corrected chi connectivity index (χ0v) is 10.8. The number of hydrogen-bond acceptors (Lipinski definition) is 4. The Labute approximate surface area is 111 Å². The molecule has 0 saturated carbocycles. The van der Waals surface area contributed by atoms with Gasteiger partial charge in [-0.2, -0.15) is 0 Å². The van der Waals surface area contributed by atoms with Crippen LogP contribution in [0.3, 0.4) is 0 Å². The average Bonchev–Trinajstić information content (AvgIpc) is 2.44. The lowest BCUT2D eigenvalue weighted by Crippen LogP contribution is -2.35. The summed E-state index contributed by atoms with van der Waals surface area (Å²) < 4.78 is 5.02. The Morgan fingerprint density at radius 1 is 1.42 bits per heavy atom. The summed E-state index contributed by atoms with van der Waals surface area (Å²) >= 11 is 0. The maximum absolute atomic E-state index is 11.7. The molecule has 5 nitrogen and oxygen atoms in total. The van der Waals surface area contributed by atoms with Crippen molar-refractivity contribution < 1.29 is 19.4 Å². The zero-order valence-electron chi connectivity index (χ0n) is 10.8. The van der Waals surface area contributed by atoms with E-state index in [1.165, 1.54) is 6.92 Å². The largest absolute Gasteiger partial charge is 0.449 e. The fraction of sp³-hybridized carbons (Fsp3) is 0.286. The van der Waals surface area contributed by atoms with Gasteiger partial charge >= 0.3 is 5.97 Å². The molecule has 102 valence electrons. The normalized spacial score (nSPS) is 11.5. The first kappa shape index (κ1) is 14.9. The van der Waals surface area contributed by atoms with Crippen LogP contribution >= 0.6 is 0 Å². The van der Waals surface area contributed by atoms with Crippen molar-refractivity contribution in [3.8, 4) is 0 Å². The van der Waals surface area contributed by atoms with Crippen LogP contribution < -0.4 is 5.32 Å². The lowest BCUT2D eigenvalue weighted by molar-refractivity contribution is -0.128. The summed E-state index contributed by atoms with van der Waals surface area (Å²) in [6.07, 6.45) is 0.671. The number of esters is 1. The fourth-order valence-corrected chi connectivity index (χ4v) is 1.34. The predicted octanol–water partition coefficient (Wildman–Crippen LogP) is 1.03. The molecule has 0 fully saturated rings. The van der Waals surface area contributed by atoms with Crippen molar-refractivity contribution >= 4 is 11.9 Å². The predicted molar refractivity (Wildman–Crippen MR) is 70.4 cm³/mol. The molecule has 0 unspecified atom stereocenters. The van der Waals surface area contributed by atoms with E-state index in [4.69, 9.17) is 9.84 Å². The van der Waals surface area contributed by atoms with E-state index in [2.05, 4.69) is 11.9 Å². The zero-order chi connectivity index (χ0) is 14.3. The van der Waals surface area contributed by atoms with Crippen molar-refractivity contribution in [2.75, 3.05) is 6.54 Å². The number of carbonyl (C=O) groups excluding carboxylic acids is 2. The summed E-state index contributed by atoms with van der Waals surface area (Å²) in [7, 11) is 0.